The third-order valence-electron chi connectivity index (χ3n) is 11.7. The van der Waals surface area contributed by atoms with E-state index in [9.17, 15) is 0 Å². The number of nitrogens with zero attached hydrogens (tertiary/aromatic N) is 5. The SMILES string of the molecule is CC(C)(C)N1CCC(CN2CC3CN(C(C)(C)C)CC3C2)CC1.CC(C)(C)N1CCC2(CC1)CCN(C(C)(C)C)C2. The van der Waals surface area contributed by atoms with Gasteiger partial charge in [-0.2, -0.15) is 0 Å². The van der Waals surface area contributed by atoms with Crippen LogP contribution in [0.25, 0.3) is 0 Å². The number of hydrogen-bond donors (Lipinski definition) is 0. The van der Waals surface area contributed by atoms with Crippen LogP contribution in [0.3, 0.4) is 0 Å². The van der Waals surface area contributed by atoms with Crippen molar-refractivity contribution in [3.8, 4) is 0 Å². The molecule has 0 N–H and O–H groups in total. The highest BCUT2D eigenvalue weighted by molar-refractivity contribution is 4.99. The molecule has 5 nitrogen and oxygen atoms in total. The van der Waals surface area contributed by atoms with Gasteiger partial charge < -0.3 is 4.90 Å². The van der Waals surface area contributed by atoms with E-state index in [4.69, 9.17) is 0 Å². The van der Waals surface area contributed by atoms with Crippen molar-refractivity contribution in [2.45, 2.75) is 137 Å². The molecule has 0 bridgehead atoms. The van der Waals surface area contributed by atoms with Gasteiger partial charge in [-0.3, -0.25) is 19.6 Å². The molecule has 0 aliphatic carbocycles. The lowest BCUT2D eigenvalue weighted by Crippen LogP contribution is -2.50. The first-order chi connectivity index (χ1) is 18.8. The van der Waals surface area contributed by atoms with Crippen molar-refractivity contribution >= 4 is 0 Å². The molecule has 0 aromatic carbocycles. The van der Waals surface area contributed by atoms with Crippen LogP contribution in [0.15, 0.2) is 0 Å². The summed E-state index contributed by atoms with van der Waals surface area (Å²) in [6.45, 7) is 42.8. The van der Waals surface area contributed by atoms with Crippen LogP contribution in [0.2, 0.25) is 0 Å². The molecule has 5 aliphatic heterocycles. The zero-order valence-corrected chi connectivity index (χ0v) is 29.8. The molecule has 0 saturated carbocycles. The molecule has 2 unspecified atom stereocenters. The largest absolute Gasteiger partial charge is 0.302 e. The van der Waals surface area contributed by atoms with E-state index in [1.165, 1.54) is 104 Å². The van der Waals surface area contributed by atoms with Crippen LogP contribution in [-0.4, -0.2) is 119 Å². The maximum atomic E-state index is 2.80. The fourth-order valence-electron chi connectivity index (χ4n) is 8.51. The molecule has 5 fully saturated rings. The van der Waals surface area contributed by atoms with E-state index >= 15 is 0 Å². The topological polar surface area (TPSA) is 16.2 Å². The molecular weight excluding hydrogens is 502 g/mol. The monoisotopic (exact) mass is 574 g/mol. The molecule has 0 radical (unpaired) electrons. The van der Waals surface area contributed by atoms with Gasteiger partial charge in [0.2, 0.25) is 0 Å². The summed E-state index contributed by atoms with van der Waals surface area (Å²) in [5.41, 5.74) is 2.05. The number of piperidine rings is 2. The molecule has 2 atom stereocenters. The summed E-state index contributed by atoms with van der Waals surface area (Å²) in [5.74, 6) is 2.80. The highest BCUT2D eigenvalue weighted by Crippen LogP contribution is 2.43. The van der Waals surface area contributed by atoms with Crippen LogP contribution in [0.1, 0.15) is 115 Å². The molecule has 1 spiro atoms. The van der Waals surface area contributed by atoms with Crippen molar-refractivity contribution < 1.29 is 0 Å². The van der Waals surface area contributed by atoms with E-state index in [1.807, 2.05) is 0 Å². The van der Waals surface area contributed by atoms with Crippen LogP contribution in [-0.2, 0) is 0 Å². The van der Waals surface area contributed by atoms with Crippen LogP contribution in [0.4, 0.5) is 0 Å². The Morgan fingerprint density at radius 3 is 1.27 bits per heavy atom. The van der Waals surface area contributed by atoms with Gasteiger partial charge in [-0.15, -0.1) is 0 Å². The summed E-state index contributed by atoms with van der Waals surface area (Å²) in [4.78, 5) is 13.5. The second-order valence-corrected chi connectivity index (χ2v) is 18.9. The van der Waals surface area contributed by atoms with Gasteiger partial charge in [-0.1, -0.05) is 0 Å². The Kier molecular flexibility index (Phi) is 10.1. The second kappa shape index (κ2) is 12.3. The maximum Gasteiger partial charge on any atom is 0.0125 e. The van der Waals surface area contributed by atoms with Gasteiger partial charge in [-0.05, 0) is 171 Å². The lowest BCUT2D eigenvalue weighted by Gasteiger charge is -2.45. The van der Waals surface area contributed by atoms with Gasteiger partial charge >= 0.3 is 0 Å². The van der Waals surface area contributed by atoms with Crippen molar-refractivity contribution in [2.75, 3.05) is 72.0 Å². The number of fused-ring (bicyclic) bond motifs is 1. The minimum Gasteiger partial charge on any atom is -0.302 e. The number of hydrogen-bond acceptors (Lipinski definition) is 5. The van der Waals surface area contributed by atoms with E-state index in [2.05, 4.69) is 108 Å². The lowest BCUT2D eigenvalue weighted by molar-refractivity contribution is 0.0396. The summed E-state index contributed by atoms with van der Waals surface area (Å²) in [5, 5.41) is 0. The molecule has 5 aliphatic rings. The maximum absolute atomic E-state index is 2.80. The van der Waals surface area contributed by atoms with Crippen molar-refractivity contribution in [2.24, 2.45) is 23.2 Å². The Bertz CT molecular complexity index is 810. The van der Waals surface area contributed by atoms with Crippen LogP contribution >= 0.6 is 0 Å². The predicted octanol–water partition coefficient (Wildman–Crippen LogP) is 6.53. The lowest BCUT2D eigenvalue weighted by atomic mass is 9.77. The first-order valence-corrected chi connectivity index (χ1v) is 17.5. The van der Waals surface area contributed by atoms with Gasteiger partial charge in [0.15, 0.2) is 0 Å². The van der Waals surface area contributed by atoms with Gasteiger partial charge in [0.05, 0.1) is 0 Å². The number of likely N-dealkylation sites (tertiary alicyclic amines) is 5. The third kappa shape index (κ3) is 8.71. The van der Waals surface area contributed by atoms with Crippen molar-refractivity contribution in [1.29, 1.82) is 0 Å². The molecule has 5 saturated heterocycles. The first-order valence-electron chi connectivity index (χ1n) is 17.5. The number of rotatable bonds is 2. The van der Waals surface area contributed by atoms with Crippen LogP contribution in [0.5, 0.6) is 0 Å². The average Bonchev–Trinajstić information content (AvgIpc) is 3.52. The summed E-state index contributed by atoms with van der Waals surface area (Å²) in [6.07, 6.45) is 7.02. The second-order valence-electron chi connectivity index (χ2n) is 18.9. The summed E-state index contributed by atoms with van der Waals surface area (Å²) in [7, 11) is 0. The molecule has 0 amide bonds. The Hall–Kier alpha value is -0.200. The summed E-state index contributed by atoms with van der Waals surface area (Å²) >= 11 is 0. The molecule has 0 aromatic heterocycles. The Balaban J connectivity index is 0.000000195. The van der Waals surface area contributed by atoms with Gasteiger partial charge in [-0.25, -0.2) is 0 Å². The third-order valence-corrected chi connectivity index (χ3v) is 11.7. The summed E-state index contributed by atoms with van der Waals surface area (Å²) in [6, 6.07) is 0. The Labute approximate surface area is 256 Å². The van der Waals surface area contributed by atoms with Crippen LogP contribution < -0.4 is 0 Å². The smallest absolute Gasteiger partial charge is 0.0125 e. The summed E-state index contributed by atoms with van der Waals surface area (Å²) < 4.78 is 0. The minimum atomic E-state index is 0.351. The normalized spacial score (nSPS) is 30.1. The molecule has 0 aromatic rings. The van der Waals surface area contributed by atoms with E-state index in [0.29, 0.717) is 27.6 Å². The molecule has 41 heavy (non-hydrogen) atoms. The van der Waals surface area contributed by atoms with Crippen molar-refractivity contribution in [3.05, 3.63) is 0 Å². The predicted molar refractivity (Wildman–Crippen MR) is 178 cm³/mol. The molecule has 240 valence electrons. The van der Waals surface area contributed by atoms with Crippen molar-refractivity contribution in [3.63, 3.8) is 0 Å². The molecule has 5 rings (SSSR count). The molecule has 5 heterocycles. The van der Waals surface area contributed by atoms with Crippen LogP contribution in [0, 0.1) is 23.2 Å². The van der Waals surface area contributed by atoms with E-state index in [-0.39, 0.29) is 0 Å². The molecular formula is C36H71N5. The highest BCUT2D eigenvalue weighted by Gasteiger charge is 2.45. The highest BCUT2D eigenvalue weighted by atomic mass is 15.3. The van der Waals surface area contributed by atoms with Crippen molar-refractivity contribution in [1.82, 2.24) is 24.5 Å². The van der Waals surface area contributed by atoms with Gasteiger partial charge in [0.25, 0.3) is 0 Å². The fraction of sp³-hybridized carbons (Fsp3) is 1.00. The standard InChI is InChI=1S/C20H39N3.C16H32N2/c1-19(2,3)22-9-7-16(8-10-22)11-21-12-17-14-23(20(4,5)6)15-18(17)13-21;1-14(2,3)17-10-7-16(8-11-17)9-12-18(13-16)15(4,5)6/h16-18H,7-15H2,1-6H3;7-13H2,1-6H3. The van der Waals surface area contributed by atoms with E-state index in [1.54, 1.807) is 0 Å². The Morgan fingerprint density at radius 2 is 0.878 bits per heavy atom. The zero-order chi connectivity index (χ0) is 30.4. The van der Waals surface area contributed by atoms with Gasteiger partial charge in [0, 0.05) is 61.4 Å². The fourth-order valence-corrected chi connectivity index (χ4v) is 8.51. The van der Waals surface area contributed by atoms with Gasteiger partial charge in [0.1, 0.15) is 0 Å². The first kappa shape index (κ1) is 33.7. The quantitative estimate of drug-likeness (QED) is 0.372. The Morgan fingerprint density at radius 1 is 0.488 bits per heavy atom. The van der Waals surface area contributed by atoms with E-state index < -0.39 is 0 Å². The van der Waals surface area contributed by atoms with E-state index in [0.717, 1.165) is 17.8 Å². The average molecular weight is 574 g/mol. The minimum absolute atomic E-state index is 0.351. The molecule has 5 heteroatoms. The zero-order valence-electron chi connectivity index (χ0n) is 29.8.